The molecule has 1 aromatic carbocycles. The highest BCUT2D eigenvalue weighted by Crippen LogP contribution is 2.21. The number of para-hydroxylation sites is 1. The molecule has 6 heteroatoms. The Labute approximate surface area is 126 Å². The van der Waals surface area contributed by atoms with E-state index in [-0.39, 0.29) is 5.91 Å². The minimum atomic E-state index is -0.162. The number of fused-ring (bicyclic) bond motifs is 1. The van der Waals surface area contributed by atoms with E-state index in [4.69, 9.17) is 4.52 Å². The Morgan fingerprint density at radius 3 is 2.95 bits per heavy atom. The SMILES string of the molecule is CCc1onc(C)c1C(=O)NCc1nc2ccccc2s1. The molecule has 3 rings (SSSR count). The molecule has 0 saturated carbocycles. The van der Waals surface area contributed by atoms with Crippen LogP contribution in [0.2, 0.25) is 0 Å². The summed E-state index contributed by atoms with van der Waals surface area (Å²) in [5.41, 5.74) is 2.12. The average molecular weight is 301 g/mol. The summed E-state index contributed by atoms with van der Waals surface area (Å²) in [6, 6.07) is 7.93. The molecule has 2 heterocycles. The third-order valence-corrected chi connectivity index (χ3v) is 4.26. The van der Waals surface area contributed by atoms with Crippen molar-refractivity contribution in [3.63, 3.8) is 0 Å². The third kappa shape index (κ3) is 2.67. The van der Waals surface area contributed by atoms with Crippen LogP contribution in [0.1, 0.15) is 33.7 Å². The standard InChI is InChI=1S/C15H15N3O2S/c1-3-11-14(9(2)18-20-11)15(19)16-8-13-17-10-6-4-5-7-12(10)21-13/h4-7H,3,8H2,1-2H3,(H,16,19). The normalized spacial score (nSPS) is 11.0. The summed E-state index contributed by atoms with van der Waals surface area (Å²) in [6.45, 7) is 4.12. The molecule has 2 aromatic heterocycles. The van der Waals surface area contributed by atoms with Crippen molar-refractivity contribution in [3.05, 3.63) is 46.3 Å². The lowest BCUT2D eigenvalue weighted by molar-refractivity contribution is 0.0948. The molecule has 3 aromatic rings. The zero-order valence-corrected chi connectivity index (χ0v) is 12.7. The largest absolute Gasteiger partial charge is 0.360 e. The van der Waals surface area contributed by atoms with Gasteiger partial charge in [0.25, 0.3) is 5.91 Å². The van der Waals surface area contributed by atoms with Crippen LogP contribution in [-0.4, -0.2) is 16.0 Å². The number of aryl methyl sites for hydroxylation is 2. The number of carbonyl (C=O) groups excluding carboxylic acids is 1. The fourth-order valence-corrected chi connectivity index (χ4v) is 3.10. The first-order chi connectivity index (χ1) is 10.2. The highest BCUT2D eigenvalue weighted by atomic mass is 32.1. The van der Waals surface area contributed by atoms with Gasteiger partial charge in [0.05, 0.1) is 22.5 Å². The van der Waals surface area contributed by atoms with Crippen molar-refractivity contribution in [2.75, 3.05) is 0 Å². The number of carbonyl (C=O) groups is 1. The fourth-order valence-electron chi connectivity index (χ4n) is 2.19. The van der Waals surface area contributed by atoms with E-state index >= 15 is 0 Å². The van der Waals surface area contributed by atoms with Crippen molar-refractivity contribution in [2.24, 2.45) is 0 Å². The minimum Gasteiger partial charge on any atom is -0.360 e. The summed E-state index contributed by atoms with van der Waals surface area (Å²) in [4.78, 5) is 16.8. The lowest BCUT2D eigenvalue weighted by atomic mass is 10.1. The average Bonchev–Trinajstić information content (AvgIpc) is 3.07. The molecule has 21 heavy (non-hydrogen) atoms. The zero-order chi connectivity index (χ0) is 14.8. The summed E-state index contributed by atoms with van der Waals surface area (Å²) in [5, 5.41) is 7.62. The van der Waals surface area contributed by atoms with Crippen LogP contribution < -0.4 is 5.32 Å². The van der Waals surface area contributed by atoms with Crippen LogP contribution in [0.5, 0.6) is 0 Å². The van der Waals surface area contributed by atoms with E-state index < -0.39 is 0 Å². The Balaban J connectivity index is 1.75. The summed E-state index contributed by atoms with van der Waals surface area (Å²) in [7, 11) is 0. The topological polar surface area (TPSA) is 68.0 Å². The smallest absolute Gasteiger partial charge is 0.257 e. The number of benzene rings is 1. The highest BCUT2D eigenvalue weighted by Gasteiger charge is 2.19. The predicted octanol–water partition coefficient (Wildman–Crippen LogP) is 3.09. The van der Waals surface area contributed by atoms with Crippen LogP contribution in [0.3, 0.4) is 0 Å². The molecule has 0 spiro atoms. The van der Waals surface area contributed by atoms with Gasteiger partial charge in [-0.15, -0.1) is 11.3 Å². The lowest BCUT2D eigenvalue weighted by Gasteiger charge is -2.02. The Morgan fingerprint density at radius 2 is 2.19 bits per heavy atom. The molecule has 0 bridgehead atoms. The van der Waals surface area contributed by atoms with Crippen LogP contribution >= 0.6 is 11.3 Å². The Bertz CT molecular complexity index is 758. The predicted molar refractivity (Wildman–Crippen MR) is 81.4 cm³/mol. The molecular weight excluding hydrogens is 286 g/mol. The second kappa shape index (κ2) is 5.65. The summed E-state index contributed by atoms with van der Waals surface area (Å²) >= 11 is 1.59. The van der Waals surface area contributed by atoms with Gasteiger partial charge in [0.2, 0.25) is 0 Å². The maximum absolute atomic E-state index is 12.3. The maximum Gasteiger partial charge on any atom is 0.257 e. The minimum absolute atomic E-state index is 0.162. The molecule has 1 amide bonds. The molecule has 0 unspecified atom stereocenters. The van der Waals surface area contributed by atoms with E-state index in [1.165, 1.54) is 0 Å². The number of aromatic nitrogens is 2. The van der Waals surface area contributed by atoms with Crippen LogP contribution in [0.15, 0.2) is 28.8 Å². The molecule has 0 fully saturated rings. The molecule has 0 aliphatic carbocycles. The molecule has 0 atom stereocenters. The van der Waals surface area contributed by atoms with Crippen molar-refractivity contribution < 1.29 is 9.32 Å². The quantitative estimate of drug-likeness (QED) is 0.804. The monoisotopic (exact) mass is 301 g/mol. The Kier molecular flexibility index (Phi) is 3.70. The first-order valence-electron chi connectivity index (χ1n) is 6.77. The summed E-state index contributed by atoms with van der Waals surface area (Å²) in [6.07, 6.45) is 0.644. The fraction of sp³-hybridized carbons (Fsp3) is 0.267. The van der Waals surface area contributed by atoms with Gasteiger partial charge < -0.3 is 9.84 Å². The first kappa shape index (κ1) is 13.8. The van der Waals surface area contributed by atoms with Crippen LogP contribution in [0.4, 0.5) is 0 Å². The lowest BCUT2D eigenvalue weighted by Crippen LogP contribution is -2.24. The number of hydrogen-bond acceptors (Lipinski definition) is 5. The van der Waals surface area contributed by atoms with E-state index in [0.29, 0.717) is 30.0 Å². The molecule has 0 radical (unpaired) electrons. The number of amides is 1. The Hall–Kier alpha value is -2.21. The summed E-state index contributed by atoms with van der Waals surface area (Å²) in [5.74, 6) is 0.458. The molecule has 5 nitrogen and oxygen atoms in total. The van der Waals surface area contributed by atoms with E-state index in [2.05, 4.69) is 15.5 Å². The number of nitrogens with zero attached hydrogens (tertiary/aromatic N) is 2. The van der Waals surface area contributed by atoms with Gasteiger partial charge in [0.1, 0.15) is 16.3 Å². The van der Waals surface area contributed by atoms with Gasteiger partial charge in [-0.2, -0.15) is 0 Å². The molecule has 0 saturated heterocycles. The van der Waals surface area contributed by atoms with Gasteiger partial charge in [-0.3, -0.25) is 4.79 Å². The number of rotatable bonds is 4. The Morgan fingerprint density at radius 1 is 1.38 bits per heavy atom. The molecule has 1 N–H and O–H groups in total. The number of nitrogens with one attached hydrogen (secondary N) is 1. The van der Waals surface area contributed by atoms with E-state index in [1.807, 2.05) is 31.2 Å². The van der Waals surface area contributed by atoms with Gasteiger partial charge >= 0.3 is 0 Å². The van der Waals surface area contributed by atoms with Gasteiger partial charge in [-0.25, -0.2) is 4.98 Å². The van der Waals surface area contributed by atoms with E-state index in [0.717, 1.165) is 15.2 Å². The second-order valence-electron chi connectivity index (χ2n) is 4.68. The molecular formula is C15H15N3O2S. The first-order valence-corrected chi connectivity index (χ1v) is 7.58. The number of thiazole rings is 1. The van der Waals surface area contributed by atoms with Crippen molar-refractivity contribution in [2.45, 2.75) is 26.8 Å². The molecule has 0 aliphatic heterocycles. The van der Waals surface area contributed by atoms with Crippen LogP contribution in [0, 0.1) is 6.92 Å². The second-order valence-corrected chi connectivity index (χ2v) is 5.79. The van der Waals surface area contributed by atoms with E-state index in [1.54, 1.807) is 18.3 Å². The van der Waals surface area contributed by atoms with E-state index in [9.17, 15) is 4.79 Å². The van der Waals surface area contributed by atoms with Crippen molar-refractivity contribution in [1.82, 2.24) is 15.5 Å². The zero-order valence-electron chi connectivity index (χ0n) is 11.8. The third-order valence-electron chi connectivity index (χ3n) is 3.22. The highest BCUT2D eigenvalue weighted by molar-refractivity contribution is 7.18. The van der Waals surface area contributed by atoms with Crippen LogP contribution in [-0.2, 0) is 13.0 Å². The van der Waals surface area contributed by atoms with Gasteiger partial charge in [-0.1, -0.05) is 24.2 Å². The van der Waals surface area contributed by atoms with Crippen molar-refractivity contribution in [3.8, 4) is 0 Å². The van der Waals surface area contributed by atoms with Crippen LogP contribution in [0.25, 0.3) is 10.2 Å². The number of hydrogen-bond donors (Lipinski definition) is 1. The molecule has 108 valence electrons. The van der Waals surface area contributed by atoms with Gasteiger partial charge in [-0.05, 0) is 19.1 Å². The van der Waals surface area contributed by atoms with Crippen molar-refractivity contribution >= 4 is 27.5 Å². The maximum atomic E-state index is 12.3. The summed E-state index contributed by atoms with van der Waals surface area (Å²) < 4.78 is 6.26. The van der Waals surface area contributed by atoms with Gasteiger partial charge in [0.15, 0.2) is 0 Å². The van der Waals surface area contributed by atoms with Crippen molar-refractivity contribution in [1.29, 1.82) is 0 Å². The molecule has 0 aliphatic rings. The van der Waals surface area contributed by atoms with Gasteiger partial charge in [0, 0.05) is 6.42 Å².